The first-order valence-corrected chi connectivity index (χ1v) is 10.9. The topological polar surface area (TPSA) is 58.1 Å². The van der Waals surface area contributed by atoms with Crippen LogP contribution in [0.4, 0.5) is 8.78 Å². The van der Waals surface area contributed by atoms with Gasteiger partial charge in [0.05, 0.1) is 0 Å². The second-order valence-electron chi connectivity index (χ2n) is 7.84. The molecule has 1 heterocycles. The molecule has 2 N–H and O–H groups in total. The molecule has 0 aliphatic carbocycles. The Morgan fingerprint density at radius 3 is 2.69 bits per heavy atom. The molecule has 1 aliphatic rings. The summed E-state index contributed by atoms with van der Waals surface area (Å²) in [6.07, 6.45) is 2.14. The normalized spacial score (nSPS) is 15.1. The molecule has 0 amide bonds. The summed E-state index contributed by atoms with van der Waals surface area (Å²) in [5.41, 5.74) is 1.27. The summed E-state index contributed by atoms with van der Waals surface area (Å²) in [5.74, 6) is 0.385. The molecule has 0 spiro atoms. The Balaban J connectivity index is 1.43. The molecule has 0 unspecified atom stereocenters. The lowest BCUT2D eigenvalue weighted by atomic mass is 10.1. The van der Waals surface area contributed by atoms with Crippen LogP contribution < -0.4 is 15.4 Å². The second-order valence-corrected chi connectivity index (χ2v) is 7.84. The van der Waals surface area contributed by atoms with Gasteiger partial charge in [-0.05, 0) is 55.8 Å². The molecule has 174 valence electrons. The smallest absolute Gasteiger partial charge is 0.191 e. The zero-order valence-corrected chi connectivity index (χ0v) is 18.7. The lowest BCUT2D eigenvalue weighted by molar-refractivity contribution is 0.0392. The Hall–Kier alpha value is -2.71. The van der Waals surface area contributed by atoms with E-state index in [2.05, 4.69) is 27.6 Å². The number of likely N-dealkylation sites (N-methyl/N-ethyl adjacent to an activating group) is 1. The molecule has 0 saturated carbocycles. The van der Waals surface area contributed by atoms with E-state index in [9.17, 15) is 8.78 Å². The molecule has 0 radical (unpaired) electrons. The van der Waals surface area contributed by atoms with Crippen LogP contribution in [0.5, 0.6) is 5.75 Å². The van der Waals surface area contributed by atoms with Gasteiger partial charge in [-0.15, -0.1) is 0 Å². The van der Waals surface area contributed by atoms with Crippen LogP contribution in [0.2, 0.25) is 0 Å². The molecule has 8 heteroatoms. The minimum absolute atomic E-state index is 0.132. The molecule has 1 fully saturated rings. The van der Waals surface area contributed by atoms with Crippen molar-refractivity contribution >= 4 is 5.96 Å². The first-order valence-electron chi connectivity index (χ1n) is 10.9. The average Bonchev–Trinajstić information content (AvgIpc) is 2.82. The maximum Gasteiger partial charge on any atom is 0.191 e. The Bertz CT molecular complexity index is 888. The van der Waals surface area contributed by atoms with Crippen molar-refractivity contribution in [1.82, 2.24) is 15.5 Å². The fourth-order valence-electron chi connectivity index (χ4n) is 3.63. The van der Waals surface area contributed by atoms with Gasteiger partial charge in [-0.3, -0.25) is 9.89 Å². The van der Waals surface area contributed by atoms with Gasteiger partial charge in [0.1, 0.15) is 24.0 Å². The third-order valence-electron chi connectivity index (χ3n) is 5.56. The standard InChI is InChI=1S/C24H32F2N4O2/c1-27-24(29-17-19-15-20(25)6-7-23(19)26)28-16-18-4-3-5-22(14-18)32-13-10-30(2)21-8-11-31-12-9-21/h3-7,14-15,21H,8-13,16-17H2,1-2H3,(H2,27,28,29). The van der Waals surface area contributed by atoms with Gasteiger partial charge in [-0.1, -0.05) is 12.1 Å². The van der Waals surface area contributed by atoms with E-state index in [0.29, 0.717) is 25.2 Å². The van der Waals surface area contributed by atoms with Crippen molar-refractivity contribution in [2.24, 2.45) is 4.99 Å². The summed E-state index contributed by atoms with van der Waals surface area (Å²) >= 11 is 0. The third kappa shape index (κ3) is 7.46. The quantitative estimate of drug-likeness (QED) is 0.457. The largest absolute Gasteiger partial charge is 0.492 e. The van der Waals surface area contributed by atoms with E-state index in [0.717, 1.165) is 56.0 Å². The van der Waals surface area contributed by atoms with E-state index in [1.54, 1.807) is 7.05 Å². The van der Waals surface area contributed by atoms with Crippen LogP contribution >= 0.6 is 0 Å². The highest BCUT2D eigenvalue weighted by atomic mass is 19.1. The Morgan fingerprint density at radius 1 is 1.12 bits per heavy atom. The molecule has 1 aliphatic heterocycles. The van der Waals surface area contributed by atoms with Crippen molar-refractivity contribution in [1.29, 1.82) is 0 Å². The van der Waals surface area contributed by atoms with Gasteiger partial charge >= 0.3 is 0 Å². The summed E-state index contributed by atoms with van der Waals surface area (Å²) in [7, 11) is 3.76. The number of aliphatic imine (C=N–C) groups is 1. The minimum atomic E-state index is -0.470. The lowest BCUT2D eigenvalue weighted by Crippen LogP contribution is -2.38. The van der Waals surface area contributed by atoms with Crippen molar-refractivity contribution in [2.45, 2.75) is 32.0 Å². The van der Waals surface area contributed by atoms with Crippen LogP contribution in [0.1, 0.15) is 24.0 Å². The van der Waals surface area contributed by atoms with Gasteiger partial charge in [0.15, 0.2) is 5.96 Å². The van der Waals surface area contributed by atoms with Crippen molar-refractivity contribution < 1.29 is 18.3 Å². The van der Waals surface area contributed by atoms with E-state index in [-0.39, 0.29) is 12.1 Å². The Morgan fingerprint density at radius 2 is 1.91 bits per heavy atom. The van der Waals surface area contributed by atoms with E-state index in [4.69, 9.17) is 9.47 Å². The van der Waals surface area contributed by atoms with Crippen molar-refractivity contribution in [3.8, 4) is 5.75 Å². The molecule has 2 aromatic carbocycles. The maximum absolute atomic E-state index is 13.8. The van der Waals surface area contributed by atoms with E-state index < -0.39 is 11.6 Å². The molecule has 0 bridgehead atoms. The third-order valence-corrected chi connectivity index (χ3v) is 5.56. The van der Waals surface area contributed by atoms with Crippen molar-refractivity contribution in [3.05, 3.63) is 65.2 Å². The fourth-order valence-corrected chi connectivity index (χ4v) is 3.63. The number of benzene rings is 2. The van der Waals surface area contributed by atoms with Gasteiger partial charge in [0, 0.05) is 51.5 Å². The molecule has 0 atom stereocenters. The van der Waals surface area contributed by atoms with Crippen LogP contribution in [0.3, 0.4) is 0 Å². The summed E-state index contributed by atoms with van der Waals surface area (Å²) in [6, 6.07) is 11.8. The number of ether oxygens (including phenoxy) is 2. The van der Waals surface area contributed by atoms with Crippen LogP contribution in [0, 0.1) is 11.6 Å². The highest BCUT2D eigenvalue weighted by Gasteiger charge is 2.18. The molecular formula is C24H32F2N4O2. The summed E-state index contributed by atoms with van der Waals surface area (Å²) in [5, 5.41) is 6.18. The molecule has 2 aromatic rings. The van der Waals surface area contributed by atoms with Gasteiger partial charge < -0.3 is 20.1 Å². The highest BCUT2D eigenvalue weighted by Crippen LogP contribution is 2.15. The van der Waals surface area contributed by atoms with Crippen LogP contribution in [-0.2, 0) is 17.8 Å². The van der Waals surface area contributed by atoms with E-state index in [1.807, 2.05) is 24.3 Å². The molecule has 1 saturated heterocycles. The van der Waals surface area contributed by atoms with Gasteiger partial charge in [0.2, 0.25) is 0 Å². The minimum Gasteiger partial charge on any atom is -0.492 e. The number of hydrogen-bond acceptors (Lipinski definition) is 4. The summed E-state index contributed by atoms with van der Waals surface area (Å²) < 4.78 is 38.5. The SMILES string of the molecule is CN=C(NCc1cccc(OCCN(C)C2CCOCC2)c1)NCc1cc(F)ccc1F. The van der Waals surface area contributed by atoms with Gasteiger partial charge in [-0.25, -0.2) is 8.78 Å². The summed E-state index contributed by atoms with van der Waals surface area (Å²) in [6.45, 7) is 3.80. The van der Waals surface area contributed by atoms with Crippen LogP contribution in [-0.4, -0.2) is 57.4 Å². The molecule has 3 rings (SSSR count). The second kappa shape index (κ2) is 12.4. The maximum atomic E-state index is 13.8. The number of halogens is 2. The van der Waals surface area contributed by atoms with Gasteiger partial charge in [0.25, 0.3) is 0 Å². The van der Waals surface area contributed by atoms with Crippen LogP contribution in [0.25, 0.3) is 0 Å². The molecule has 32 heavy (non-hydrogen) atoms. The number of guanidine groups is 1. The Labute approximate surface area is 188 Å². The number of hydrogen-bond donors (Lipinski definition) is 2. The first kappa shape index (κ1) is 23.9. The number of rotatable bonds is 9. The summed E-state index contributed by atoms with van der Waals surface area (Å²) in [4.78, 5) is 6.48. The molecular weight excluding hydrogens is 414 g/mol. The predicted molar refractivity (Wildman–Crippen MR) is 122 cm³/mol. The predicted octanol–water partition coefficient (Wildman–Crippen LogP) is 3.32. The van der Waals surface area contributed by atoms with Crippen LogP contribution in [0.15, 0.2) is 47.5 Å². The zero-order valence-electron chi connectivity index (χ0n) is 18.7. The Kier molecular flexibility index (Phi) is 9.25. The zero-order chi connectivity index (χ0) is 22.8. The number of nitrogens with zero attached hydrogens (tertiary/aromatic N) is 2. The first-order chi connectivity index (χ1) is 15.5. The van der Waals surface area contributed by atoms with Crippen molar-refractivity contribution in [2.75, 3.05) is 40.5 Å². The van der Waals surface area contributed by atoms with E-state index in [1.165, 1.54) is 6.07 Å². The molecule has 6 nitrogen and oxygen atoms in total. The number of nitrogens with one attached hydrogen (secondary N) is 2. The fraction of sp³-hybridized carbons (Fsp3) is 0.458. The lowest BCUT2D eigenvalue weighted by Gasteiger charge is -2.31. The van der Waals surface area contributed by atoms with E-state index >= 15 is 0 Å². The average molecular weight is 447 g/mol. The van der Waals surface area contributed by atoms with Gasteiger partial charge in [-0.2, -0.15) is 0 Å². The molecule has 0 aromatic heterocycles. The monoisotopic (exact) mass is 446 g/mol. The highest BCUT2D eigenvalue weighted by molar-refractivity contribution is 5.79. The van der Waals surface area contributed by atoms with Crippen molar-refractivity contribution in [3.63, 3.8) is 0 Å².